The summed E-state index contributed by atoms with van der Waals surface area (Å²) in [5, 5.41) is 0.690. The number of carbonyl (C=O) groups excluding carboxylic acids is 1. The highest BCUT2D eigenvalue weighted by Gasteiger charge is 2.13. The molecule has 2 N–H and O–H groups in total. The minimum absolute atomic E-state index is 0.0407. The fourth-order valence-corrected chi connectivity index (χ4v) is 1.56. The summed E-state index contributed by atoms with van der Waals surface area (Å²) in [7, 11) is 0. The molecule has 0 amide bonds. The Bertz CT molecular complexity index is 380. The average Bonchev–Trinajstić information content (AvgIpc) is 2.19. The smallest absolute Gasteiger partial charge is 0.310 e. The van der Waals surface area contributed by atoms with Crippen LogP contribution in [0.3, 0.4) is 0 Å². The molecular weight excluding hydrogens is 237 g/mol. The maximum absolute atomic E-state index is 11.2. The van der Waals surface area contributed by atoms with E-state index in [4.69, 9.17) is 33.7 Å². The molecule has 0 aromatic heterocycles. The number of nitrogens with two attached hydrogens (primary N) is 1. The van der Waals surface area contributed by atoms with Crippen LogP contribution in [0.2, 0.25) is 10.0 Å². The number of anilines is 1. The van der Waals surface area contributed by atoms with E-state index in [1.807, 2.05) is 0 Å². The molecular formula is C10H11Cl2NO2. The first kappa shape index (κ1) is 12.1. The van der Waals surface area contributed by atoms with Crippen LogP contribution >= 0.6 is 23.2 Å². The van der Waals surface area contributed by atoms with Crippen molar-refractivity contribution in [2.24, 2.45) is 0 Å². The number of halogens is 2. The number of rotatable bonds is 3. The van der Waals surface area contributed by atoms with Gasteiger partial charge in [-0.05, 0) is 19.1 Å². The molecule has 1 aromatic rings. The van der Waals surface area contributed by atoms with Gasteiger partial charge < -0.3 is 10.5 Å². The van der Waals surface area contributed by atoms with E-state index in [1.54, 1.807) is 19.1 Å². The lowest BCUT2D eigenvalue weighted by Crippen LogP contribution is -2.09. The average molecular weight is 248 g/mol. The molecule has 1 rings (SSSR count). The first-order chi connectivity index (χ1) is 7.06. The van der Waals surface area contributed by atoms with E-state index in [-0.39, 0.29) is 12.4 Å². The Hall–Kier alpha value is -0.930. The van der Waals surface area contributed by atoms with Gasteiger partial charge in [0.15, 0.2) is 0 Å². The van der Waals surface area contributed by atoms with Crippen molar-refractivity contribution in [3.05, 3.63) is 27.7 Å². The van der Waals surface area contributed by atoms with Gasteiger partial charge in [-0.25, -0.2) is 0 Å². The molecule has 82 valence electrons. The number of carbonyl (C=O) groups is 1. The maximum Gasteiger partial charge on any atom is 0.310 e. The lowest BCUT2D eigenvalue weighted by molar-refractivity contribution is -0.142. The molecule has 0 bridgehead atoms. The Morgan fingerprint density at radius 2 is 2.13 bits per heavy atom. The topological polar surface area (TPSA) is 52.3 Å². The van der Waals surface area contributed by atoms with Crippen molar-refractivity contribution in [1.82, 2.24) is 0 Å². The lowest BCUT2D eigenvalue weighted by atomic mass is 10.1. The molecule has 0 fully saturated rings. The third kappa shape index (κ3) is 3.01. The summed E-state index contributed by atoms with van der Waals surface area (Å²) >= 11 is 11.7. The molecule has 0 spiro atoms. The summed E-state index contributed by atoms with van der Waals surface area (Å²) in [6, 6.07) is 3.21. The van der Waals surface area contributed by atoms with Crippen molar-refractivity contribution >= 4 is 34.9 Å². The van der Waals surface area contributed by atoms with Crippen molar-refractivity contribution in [3.63, 3.8) is 0 Å². The summed E-state index contributed by atoms with van der Waals surface area (Å²) < 4.78 is 4.80. The van der Waals surface area contributed by atoms with E-state index < -0.39 is 0 Å². The number of benzene rings is 1. The van der Waals surface area contributed by atoms with Crippen molar-refractivity contribution in [2.75, 3.05) is 12.3 Å². The second kappa shape index (κ2) is 5.24. The zero-order chi connectivity index (χ0) is 11.4. The highest BCUT2D eigenvalue weighted by atomic mass is 35.5. The number of hydrogen-bond donors (Lipinski definition) is 1. The summed E-state index contributed by atoms with van der Waals surface area (Å²) in [6.07, 6.45) is 0.0407. The Morgan fingerprint density at radius 1 is 1.47 bits per heavy atom. The molecule has 0 atom stereocenters. The van der Waals surface area contributed by atoms with Crippen molar-refractivity contribution in [2.45, 2.75) is 13.3 Å². The van der Waals surface area contributed by atoms with Crippen LogP contribution in [0.15, 0.2) is 12.1 Å². The second-order valence-corrected chi connectivity index (χ2v) is 3.70. The summed E-state index contributed by atoms with van der Waals surface area (Å²) in [5.41, 5.74) is 6.64. The van der Waals surface area contributed by atoms with Crippen LogP contribution in [0.1, 0.15) is 12.5 Å². The Balaban J connectivity index is 2.93. The van der Waals surface area contributed by atoms with E-state index in [1.165, 1.54) is 0 Å². The molecule has 0 unspecified atom stereocenters. The van der Waals surface area contributed by atoms with E-state index in [9.17, 15) is 4.79 Å². The first-order valence-corrected chi connectivity index (χ1v) is 5.19. The van der Waals surface area contributed by atoms with Crippen LogP contribution in [0.5, 0.6) is 0 Å². The first-order valence-electron chi connectivity index (χ1n) is 4.44. The number of nitrogen functional groups attached to an aromatic ring is 1. The van der Waals surface area contributed by atoms with E-state index in [0.717, 1.165) is 0 Å². The Kier molecular flexibility index (Phi) is 4.24. The molecule has 0 radical (unpaired) electrons. The van der Waals surface area contributed by atoms with Gasteiger partial charge in [0.25, 0.3) is 0 Å². The zero-order valence-electron chi connectivity index (χ0n) is 8.22. The van der Waals surface area contributed by atoms with Crippen LogP contribution in [0.4, 0.5) is 5.69 Å². The molecule has 0 saturated heterocycles. The standard InChI is InChI=1S/C10H11Cl2NO2/c1-2-15-9(14)5-6-8(13)4-3-7(11)10(6)12/h3-4H,2,5,13H2,1H3. The second-order valence-electron chi connectivity index (χ2n) is 2.91. The third-order valence-corrected chi connectivity index (χ3v) is 2.70. The van der Waals surface area contributed by atoms with Gasteiger partial charge in [0.2, 0.25) is 0 Å². The van der Waals surface area contributed by atoms with Crippen LogP contribution in [0, 0.1) is 0 Å². The summed E-state index contributed by atoms with van der Waals surface area (Å²) in [4.78, 5) is 11.2. The number of hydrogen-bond acceptors (Lipinski definition) is 3. The fraction of sp³-hybridized carbons (Fsp3) is 0.300. The van der Waals surface area contributed by atoms with Crippen molar-refractivity contribution in [3.8, 4) is 0 Å². The van der Waals surface area contributed by atoms with Gasteiger partial charge in [-0.2, -0.15) is 0 Å². The maximum atomic E-state index is 11.2. The van der Waals surface area contributed by atoms with Crippen LogP contribution in [-0.2, 0) is 16.0 Å². The molecule has 0 aliphatic heterocycles. The predicted octanol–water partition coefficient (Wildman–Crippen LogP) is 2.68. The highest BCUT2D eigenvalue weighted by molar-refractivity contribution is 6.42. The molecule has 5 heteroatoms. The molecule has 0 aliphatic rings. The Labute approximate surface area is 98.1 Å². The van der Waals surface area contributed by atoms with Gasteiger partial charge in [-0.3, -0.25) is 4.79 Å². The van der Waals surface area contributed by atoms with Gasteiger partial charge in [0.1, 0.15) is 0 Å². The monoisotopic (exact) mass is 247 g/mol. The Morgan fingerprint density at radius 3 is 2.73 bits per heavy atom. The molecule has 3 nitrogen and oxygen atoms in total. The molecule has 0 saturated carbocycles. The minimum Gasteiger partial charge on any atom is -0.466 e. The molecule has 0 heterocycles. The van der Waals surface area contributed by atoms with Crippen molar-refractivity contribution < 1.29 is 9.53 Å². The normalized spacial score (nSPS) is 10.1. The van der Waals surface area contributed by atoms with Gasteiger partial charge in [-0.15, -0.1) is 0 Å². The predicted molar refractivity (Wildman–Crippen MR) is 61.2 cm³/mol. The third-order valence-electron chi connectivity index (χ3n) is 1.86. The number of esters is 1. The molecule has 0 aliphatic carbocycles. The SMILES string of the molecule is CCOC(=O)Cc1c(N)ccc(Cl)c1Cl. The van der Waals surface area contributed by atoms with Gasteiger partial charge >= 0.3 is 5.97 Å². The molecule has 15 heavy (non-hydrogen) atoms. The number of ether oxygens (including phenoxy) is 1. The van der Waals surface area contributed by atoms with Gasteiger partial charge in [-0.1, -0.05) is 23.2 Å². The van der Waals surface area contributed by atoms with Crippen molar-refractivity contribution in [1.29, 1.82) is 0 Å². The van der Waals surface area contributed by atoms with Gasteiger partial charge in [0, 0.05) is 11.3 Å². The quantitative estimate of drug-likeness (QED) is 0.660. The van der Waals surface area contributed by atoms with E-state index >= 15 is 0 Å². The fourth-order valence-electron chi connectivity index (χ4n) is 1.14. The summed E-state index contributed by atoms with van der Waals surface area (Å²) in [5.74, 6) is -0.367. The lowest BCUT2D eigenvalue weighted by Gasteiger charge is -2.08. The van der Waals surface area contributed by atoms with Crippen LogP contribution in [-0.4, -0.2) is 12.6 Å². The highest BCUT2D eigenvalue weighted by Crippen LogP contribution is 2.30. The largest absolute Gasteiger partial charge is 0.466 e. The minimum atomic E-state index is -0.367. The van der Waals surface area contributed by atoms with Crippen LogP contribution < -0.4 is 5.73 Å². The summed E-state index contributed by atoms with van der Waals surface area (Å²) in [6.45, 7) is 2.07. The molecule has 1 aromatic carbocycles. The van der Waals surface area contributed by atoms with E-state index in [0.29, 0.717) is 27.9 Å². The van der Waals surface area contributed by atoms with E-state index in [2.05, 4.69) is 0 Å². The van der Waals surface area contributed by atoms with Crippen LogP contribution in [0.25, 0.3) is 0 Å². The zero-order valence-corrected chi connectivity index (χ0v) is 9.73. The van der Waals surface area contributed by atoms with Gasteiger partial charge in [0.05, 0.1) is 23.1 Å².